The van der Waals surface area contributed by atoms with Gasteiger partial charge in [0.2, 0.25) is 5.95 Å². The van der Waals surface area contributed by atoms with E-state index in [0.29, 0.717) is 6.04 Å². The Labute approximate surface area is 126 Å². The van der Waals surface area contributed by atoms with Crippen LogP contribution in [0.1, 0.15) is 44.2 Å². The van der Waals surface area contributed by atoms with Gasteiger partial charge in [-0.1, -0.05) is 43.2 Å². The van der Waals surface area contributed by atoms with Gasteiger partial charge in [-0.3, -0.25) is 0 Å². The molecule has 1 aliphatic rings. The van der Waals surface area contributed by atoms with Crippen molar-refractivity contribution in [3.05, 3.63) is 48.2 Å². The summed E-state index contributed by atoms with van der Waals surface area (Å²) in [7, 11) is 0. The molecule has 0 saturated heterocycles. The van der Waals surface area contributed by atoms with Crippen molar-refractivity contribution >= 4 is 11.8 Å². The van der Waals surface area contributed by atoms with Crippen molar-refractivity contribution < 1.29 is 0 Å². The monoisotopic (exact) mass is 282 g/mol. The third-order valence-electron chi connectivity index (χ3n) is 4.01. The van der Waals surface area contributed by atoms with Crippen molar-refractivity contribution in [3.63, 3.8) is 0 Å². The van der Waals surface area contributed by atoms with Gasteiger partial charge < -0.3 is 10.6 Å². The van der Waals surface area contributed by atoms with Crippen molar-refractivity contribution in [2.75, 3.05) is 10.6 Å². The zero-order valence-corrected chi connectivity index (χ0v) is 12.4. The number of anilines is 2. The lowest BCUT2D eigenvalue weighted by atomic mass is 10.1. The quantitative estimate of drug-likeness (QED) is 0.870. The van der Waals surface area contributed by atoms with Crippen LogP contribution in [0, 0.1) is 0 Å². The summed E-state index contributed by atoms with van der Waals surface area (Å²) in [5.41, 5.74) is 1.25. The Morgan fingerprint density at radius 3 is 2.62 bits per heavy atom. The molecule has 0 aliphatic heterocycles. The first-order chi connectivity index (χ1) is 10.3. The Balaban J connectivity index is 1.65. The number of rotatable bonds is 5. The van der Waals surface area contributed by atoms with Gasteiger partial charge in [0.15, 0.2) is 0 Å². The second-order valence-corrected chi connectivity index (χ2v) is 5.67. The maximum absolute atomic E-state index is 4.57. The molecule has 1 saturated carbocycles. The van der Waals surface area contributed by atoms with Gasteiger partial charge in [0.25, 0.3) is 0 Å². The molecular weight excluding hydrogens is 260 g/mol. The van der Waals surface area contributed by atoms with Gasteiger partial charge in [0.1, 0.15) is 5.82 Å². The lowest BCUT2D eigenvalue weighted by Gasteiger charge is -2.16. The van der Waals surface area contributed by atoms with Crippen LogP contribution in [0.25, 0.3) is 0 Å². The molecule has 1 aliphatic carbocycles. The zero-order valence-electron chi connectivity index (χ0n) is 12.4. The summed E-state index contributed by atoms with van der Waals surface area (Å²) in [4.78, 5) is 8.89. The van der Waals surface area contributed by atoms with Crippen LogP contribution in [0.2, 0.25) is 0 Å². The minimum atomic E-state index is 0.223. The van der Waals surface area contributed by atoms with Crippen molar-refractivity contribution in [1.29, 1.82) is 0 Å². The maximum Gasteiger partial charge on any atom is 0.224 e. The molecule has 0 spiro atoms. The van der Waals surface area contributed by atoms with E-state index in [2.05, 4.69) is 51.8 Å². The maximum atomic E-state index is 4.57. The van der Waals surface area contributed by atoms with Crippen molar-refractivity contribution in [1.82, 2.24) is 9.97 Å². The fraction of sp³-hybridized carbons (Fsp3) is 0.412. The number of nitrogens with zero attached hydrogens (tertiary/aromatic N) is 2. The summed E-state index contributed by atoms with van der Waals surface area (Å²) in [6.45, 7) is 2.14. The topological polar surface area (TPSA) is 49.8 Å². The summed E-state index contributed by atoms with van der Waals surface area (Å²) in [5, 5.41) is 6.86. The molecule has 1 unspecified atom stereocenters. The van der Waals surface area contributed by atoms with Gasteiger partial charge >= 0.3 is 0 Å². The first kappa shape index (κ1) is 13.9. The Kier molecular flexibility index (Phi) is 4.34. The first-order valence-electron chi connectivity index (χ1n) is 7.72. The van der Waals surface area contributed by atoms with Crippen LogP contribution >= 0.6 is 0 Å². The highest BCUT2D eigenvalue weighted by atomic mass is 15.2. The molecule has 4 nitrogen and oxygen atoms in total. The van der Waals surface area contributed by atoms with Crippen molar-refractivity contribution in [2.24, 2.45) is 0 Å². The fourth-order valence-corrected chi connectivity index (χ4v) is 2.81. The molecule has 2 aromatic rings. The molecule has 3 rings (SSSR count). The second kappa shape index (κ2) is 6.57. The van der Waals surface area contributed by atoms with E-state index in [1.807, 2.05) is 18.3 Å². The summed E-state index contributed by atoms with van der Waals surface area (Å²) in [5.74, 6) is 1.59. The smallest absolute Gasteiger partial charge is 0.224 e. The molecular formula is C17H22N4. The Morgan fingerprint density at radius 1 is 1.10 bits per heavy atom. The standard InChI is InChI=1S/C17H22N4/c1-13(14-7-3-2-4-8-14)19-16-11-12-18-17(21-16)20-15-9-5-6-10-15/h2-4,7-8,11-13,15H,5-6,9-10H2,1H3,(H2,18,19,20,21). The third kappa shape index (κ3) is 3.72. The Bertz CT molecular complexity index is 564. The van der Waals surface area contributed by atoms with Gasteiger partial charge in [-0.15, -0.1) is 0 Å². The van der Waals surface area contributed by atoms with Crippen LogP contribution in [-0.4, -0.2) is 16.0 Å². The van der Waals surface area contributed by atoms with Crippen molar-refractivity contribution in [3.8, 4) is 0 Å². The highest BCUT2D eigenvalue weighted by molar-refractivity contribution is 5.42. The van der Waals surface area contributed by atoms with Crippen LogP contribution in [0.4, 0.5) is 11.8 Å². The highest BCUT2D eigenvalue weighted by Crippen LogP contribution is 2.22. The van der Waals surface area contributed by atoms with Crippen LogP contribution in [0.15, 0.2) is 42.6 Å². The van der Waals surface area contributed by atoms with Crippen LogP contribution in [0.3, 0.4) is 0 Å². The average molecular weight is 282 g/mol. The van der Waals surface area contributed by atoms with E-state index in [0.717, 1.165) is 11.8 Å². The molecule has 21 heavy (non-hydrogen) atoms. The predicted molar refractivity (Wildman–Crippen MR) is 86.4 cm³/mol. The average Bonchev–Trinajstić information content (AvgIpc) is 3.01. The lowest BCUT2D eigenvalue weighted by molar-refractivity contribution is 0.743. The molecule has 0 radical (unpaired) electrons. The van der Waals surface area contributed by atoms with Gasteiger partial charge in [-0.05, 0) is 31.4 Å². The van der Waals surface area contributed by atoms with E-state index in [9.17, 15) is 0 Å². The molecule has 1 aromatic carbocycles. The van der Waals surface area contributed by atoms with Crippen LogP contribution in [-0.2, 0) is 0 Å². The van der Waals surface area contributed by atoms with Crippen molar-refractivity contribution in [2.45, 2.75) is 44.7 Å². The van der Waals surface area contributed by atoms with E-state index in [-0.39, 0.29) is 6.04 Å². The SMILES string of the molecule is CC(Nc1ccnc(NC2CCCC2)n1)c1ccccc1. The van der Waals surface area contributed by atoms with Crippen LogP contribution in [0.5, 0.6) is 0 Å². The number of benzene rings is 1. The van der Waals surface area contributed by atoms with E-state index >= 15 is 0 Å². The molecule has 1 fully saturated rings. The number of hydrogen-bond acceptors (Lipinski definition) is 4. The van der Waals surface area contributed by atoms with Gasteiger partial charge in [0.05, 0.1) is 0 Å². The van der Waals surface area contributed by atoms with E-state index in [1.165, 1.54) is 31.2 Å². The lowest BCUT2D eigenvalue weighted by Crippen LogP contribution is -2.17. The summed E-state index contributed by atoms with van der Waals surface area (Å²) < 4.78 is 0. The van der Waals surface area contributed by atoms with Gasteiger partial charge in [-0.25, -0.2) is 4.98 Å². The highest BCUT2D eigenvalue weighted by Gasteiger charge is 2.15. The van der Waals surface area contributed by atoms with Gasteiger partial charge in [-0.2, -0.15) is 4.98 Å². The Morgan fingerprint density at radius 2 is 1.86 bits per heavy atom. The number of aromatic nitrogens is 2. The summed E-state index contributed by atoms with van der Waals surface area (Å²) in [6, 6.07) is 13.1. The first-order valence-corrected chi connectivity index (χ1v) is 7.72. The molecule has 110 valence electrons. The van der Waals surface area contributed by atoms with Crippen LogP contribution < -0.4 is 10.6 Å². The van der Waals surface area contributed by atoms with E-state index in [1.54, 1.807) is 0 Å². The molecule has 4 heteroatoms. The van der Waals surface area contributed by atoms with E-state index in [4.69, 9.17) is 0 Å². The zero-order chi connectivity index (χ0) is 14.5. The minimum absolute atomic E-state index is 0.223. The molecule has 1 heterocycles. The molecule has 1 aromatic heterocycles. The molecule has 0 amide bonds. The minimum Gasteiger partial charge on any atom is -0.363 e. The molecule has 2 N–H and O–H groups in total. The second-order valence-electron chi connectivity index (χ2n) is 5.67. The molecule has 0 bridgehead atoms. The normalized spacial score (nSPS) is 16.6. The third-order valence-corrected chi connectivity index (χ3v) is 4.01. The summed E-state index contributed by atoms with van der Waals surface area (Å²) in [6.07, 6.45) is 6.87. The molecule has 1 atom stereocenters. The fourth-order valence-electron chi connectivity index (χ4n) is 2.81. The Hall–Kier alpha value is -2.10. The van der Waals surface area contributed by atoms with Gasteiger partial charge in [0, 0.05) is 18.3 Å². The summed E-state index contributed by atoms with van der Waals surface area (Å²) >= 11 is 0. The predicted octanol–water partition coefficient (Wildman–Crippen LogP) is 4.00. The van der Waals surface area contributed by atoms with E-state index < -0.39 is 0 Å². The number of hydrogen-bond donors (Lipinski definition) is 2. The largest absolute Gasteiger partial charge is 0.363 e. The number of nitrogens with one attached hydrogen (secondary N) is 2.